The van der Waals surface area contributed by atoms with Gasteiger partial charge in [-0.05, 0) is 48.2 Å². The maximum absolute atomic E-state index is 5.78. The Morgan fingerprint density at radius 3 is 1.82 bits per heavy atom. The Balaban J connectivity index is 1.82. The van der Waals surface area contributed by atoms with Crippen LogP contribution in [0.15, 0.2) is 48.5 Å². The molecule has 0 bridgehead atoms. The third-order valence-corrected chi connectivity index (χ3v) is 4.14. The van der Waals surface area contributed by atoms with Gasteiger partial charge in [0.25, 0.3) is 0 Å². The Hall–Kier alpha value is -1.48. The number of benzene rings is 2. The number of hydrogen-bond acceptors (Lipinski definition) is 2. The second-order valence-corrected chi connectivity index (χ2v) is 6.00. The molecular weight excluding hydrogens is 340 g/mol. The smallest absolute Gasteiger partial charge is 0.119 e. The number of unbranched alkanes of at least 4 members (excludes halogenated alkanes) is 3. The highest BCUT2D eigenvalue weighted by Gasteiger charge is 2.00. The first-order chi connectivity index (χ1) is 10.8. The maximum Gasteiger partial charge on any atom is 0.119 e. The standard InChI is InChI=1S/C19H23BrO2/c1-21-18-10-6-16(7-11-18)17-8-12-19(13-9-17)22-15-5-3-2-4-14-20/h6-13H,2-5,14-15H2,1H3. The van der Waals surface area contributed by atoms with Crippen molar-refractivity contribution in [2.45, 2.75) is 25.7 Å². The van der Waals surface area contributed by atoms with Crippen LogP contribution in [0.4, 0.5) is 0 Å². The van der Waals surface area contributed by atoms with Gasteiger partial charge >= 0.3 is 0 Å². The van der Waals surface area contributed by atoms with E-state index in [0.29, 0.717) is 0 Å². The van der Waals surface area contributed by atoms with Gasteiger partial charge in [-0.25, -0.2) is 0 Å². The molecule has 0 aromatic heterocycles. The summed E-state index contributed by atoms with van der Waals surface area (Å²) in [7, 11) is 1.68. The van der Waals surface area contributed by atoms with Crippen molar-refractivity contribution in [1.82, 2.24) is 0 Å². The van der Waals surface area contributed by atoms with Gasteiger partial charge in [0.2, 0.25) is 0 Å². The number of alkyl halides is 1. The molecule has 0 aliphatic rings. The molecule has 3 heteroatoms. The summed E-state index contributed by atoms with van der Waals surface area (Å²) in [5, 5.41) is 1.10. The quantitative estimate of drug-likeness (QED) is 0.421. The molecule has 0 saturated heterocycles. The molecule has 2 aromatic rings. The molecule has 22 heavy (non-hydrogen) atoms. The summed E-state index contributed by atoms with van der Waals surface area (Å²) in [6.07, 6.45) is 4.87. The number of hydrogen-bond donors (Lipinski definition) is 0. The zero-order valence-corrected chi connectivity index (χ0v) is 14.6. The lowest BCUT2D eigenvalue weighted by Crippen LogP contribution is -1.97. The fraction of sp³-hybridized carbons (Fsp3) is 0.368. The first-order valence-corrected chi connectivity index (χ1v) is 8.89. The van der Waals surface area contributed by atoms with E-state index in [1.165, 1.54) is 30.4 Å². The predicted molar refractivity (Wildman–Crippen MR) is 96.2 cm³/mol. The summed E-state index contributed by atoms with van der Waals surface area (Å²) >= 11 is 3.45. The van der Waals surface area contributed by atoms with Crippen molar-refractivity contribution in [2.75, 3.05) is 19.0 Å². The third kappa shape index (κ3) is 5.38. The third-order valence-electron chi connectivity index (χ3n) is 3.57. The zero-order valence-electron chi connectivity index (χ0n) is 13.1. The number of methoxy groups -OCH3 is 1. The summed E-state index contributed by atoms with van der Waals surface area (Å²) in [4.78, 5) is 0. The zero-order chi connectivity index (χ0) is 15.6. The highest BCUT2D eigenvalue weighted by molar-refractivity contribution is 9.09. The van der Waals surface area contributed by atoms with Crippen LogP contribution in [0.25, 0.3) is 11.1 Å². The van der Waals surface area contributed by atoms with Gasteiger partial charge in [0.1, 0.15) is 11.5 Å². The van der Waals surface area contributed by atoms with Gasteiger partial charge < -0.3 is 9.47 Å². The highest BCUT2D eigenvalue weighted by atomic mass is 79.9. The lowest BCUT2D eigenvalue weighted by atomic mass is 10.1. The van der Waals surface area contributed by atoms with E-state index >= 15 is 0 Å². The van der Waals surface area contributed by atoms with Crippen LogP contribution in [0.3, 0.4) is 0 Å². The Bertz CT molecular complexity index is 534. The molecule has 0 radical (unpaired) electrons. The molecule has 118 valence electrons. The number of rotatable bonds is 9. The van der Waals surface area contributed by atoms with Crippen molar-refractivity contribution in [1.29, 1.82) is 0 Å². The minimum atomic E-state index is 0.796. The van der Waals surface area contributed by atoms with E-state index in [0.717, 1.165) is 29.9 Å². The maximum atomic E-state index is 5.78. The Labute approximate surface area is 141 Å². The largest absolute Gasteiger partial charge is 0.497 e. The van der Waals surface area contributed by atoms with Crippen molar-refractivity contribution >= 4 is 15.9 Å². The molecule has 0 spiro atoms. The van der Waals surface area contributed by atoms with E-state index in [4.69, 9.17) is 9.47 Å². The fourth-order valence-corrected chi connectivity index (χ4v) is 2.66. The lowest BCUT2D eigenvalue weighted by Gasteiger charge is -2.08. The van der Waals surface area contributed by atoms with Crippen molar-refractivity contribution in [3.8, 4) is 22.6 Å². The summed E-state index contributed by atoms with van der Waals surface area (Å²) < 4.78 is 11.0. The van der Waals surface area contributed by atoms with Gasteiger partial charge in [0.15, 0.2) is 0 Å². The van der Waals surface area contributed by atoms with E-state index < -0.39 is 0 Å². The van der Waals surface area contributed by atoms with E-state index in [1.807, 2.05) is 24.3 Å². The summed E-state index contributed by atoms with van der Waals surface area (Å²) in [6, 6.07) is 16.4. The van der Waals surface area contributed by atoms with Crippen LogP contribution < -0.4 is 9.47 Å². The first-order valence-electron chi connectivity index (χ1n) is 7.77. The van der Waals surface area contributed by atoms with Crippen molar-refractivity contribution < 1.29 is 9.47 Å². The Morgan fingerprint density at radius 1 is 0.727 bits per heavy atom. The van der Waals surface area contributed by atoms with Gasteiger partial charge in [0.05, 0.1) is 13.7 Å². The Morgan fingerprint density at radius 2 is 1.27 bits per heavy atom. The second-order valence-electron chi connectivity index (χ2n) is 5.20. The van der Waals surface area contributed by atoms with Crippen molar-refractivity contribution in [3.05, 3.63) is 48.5 Å². The van der Waals surface area contributed by atoms with E-state index in [2.05, 4.69) is 40.2 Å². The summed E-state index contributed by atoms with van der Waals surface area (Å²) in [5.74, 6) is 1.82. The molecule has 0 amide bonds. The molecule has 0 heterocycles. The molecule has 0 aliphatic carbocycles. The first kappa shape index (κ1) is 16.9. The van der Waals surface area contributed by atoms with Crippen LogP contribution in [0.1, 0.15) is 25.7 Å². The van der Waals surface area contributed by atoms with E-state index in [1.54, 1.807) is 7.11 Å². The number of halogens is 1. The molecule has 0 saturated carbocycles. The minimum Gasteiger partial charge on any atom is -0.497 e. The average Bonchev–Trinajstić information content (AvgIpc) is 2.59. The highest BCUT2D eigenvalue weighted by Crippen LogP contribution is 2.24. The molecule has 2 aromatic carbocycles. The predicted octanol–water partition coefficient (Wildman–Crippen LogP) is 5.70. The van der Waals surface area contributed by atoms with Gasteiger partial charge in [0, 0.05) is 5.33 Å². The van der Waals surface area contributed by atoms with Gasteiger partial charge in [-0.15, -0.1) is 0 Å². The molecule has 0 N–H and O–H groups in total. The number of ether oxygens (including phenoxy) is 2. The van der Waals surface area contributed by atoms with E-state index in [-0.39, 0.29) is 0 Å². The molecule has 0 fully saturated rings. The molecule has 0 unspecified atom stereocenters. The summed E-state index contributed by atoms with van der Waals surface area (Å²) in [5.41, 5.74) is 2.37. The molecular formula is C19H23BrO2. The molecule has 0 atom stereocenters. The monoisotopic (exact) mass is 362 g/mol. The van der Waals surface area contributed by atoms with Crippen molar-refractivity contribution in [2.24, 2.45) is 0 Å². The van der Waals surface area contributed by atoms with Crippen LogP contribution in [0, 0.1) is 0 Å². The van der Waals surface area contributed by atoms with E-state index in [9.17, 15) is 0 Å². The van der Waals surface area contributed by atoms with Crippen molar-refractivity contribution in [3.63, 3.8) is 0 Å². The second kappa shape index (κ2) is 9.52. The normalized spacial score (nSPS) is 10.5. The topological polar surface area (TPSA) is 18.5 Å². The minimum absolute atomic E-state index is 0.796. The molecule has 0 aliphatic heterocycles. The van der Waals surface area contributed by atoms with Gasteiger partial charge in [-0.1, -0.05) is 53.0 Å². The van der Waals surface area contributed by atoms with Gasteiger partial charge in [-0.3, -0.25) is 0 Å². The lowest BCUT2D eigenvalue weighted by molar-refractivity contribution is 0.305. The van der Waals surface area contributed by atoms with Gasteiger partial charge in [-0.2, -0.15) is 0 Å². The average molecular weight is 363 g/mol. The van der Waals surface area contributed by atoms with Crippen LogP contribution >= 0.6 is 15.9 Å². The van der Waals surface area contributed by atoms with Crippen LogP contribution in [-0.4, -0.2) is 19.0 Å². The Kier molecular flexibility index (Phi) is 7.31. The fourth-order valence-electron chi connectivity index (χ4n) is 2.27. The van der Waals surface area contributed by atoms with Crippen LogP contribution in [-0.2, 0) is 0 Å². The molecule has 2 nitrogen and oxygen atoms in total. The van der Waals surface area contributed by atoms with Crippen LogP contribution in [0.5, 0.6) is 11.5 Å². The molecule has 2 rings (SSSR count). The summed E-state index contributed by atoms with van der Waals surface area (Å²) in [6.45, 7) is 0.796. The SMILES string of the molecule is COc1ccc(-c2ccc(OCCCCCCBr)cc2)cc1. The van der Waals surface area contributed by atoms with Crippen LogP contribution in [0.2, 0.25) is 0 Å².